The van der Waals surface area contributed by atoms with Crippen molar-refractivity contribution in [2.75, 3.05) is 49.4 Å². The van der Waals surface area contributed by atoms with Crippen LogP contribution in [0.2, 0.25) is 0 Å². The smallest absolute Gasteiger partial charge is 0.253 e. The van der Waals surface area contributed by atoms with Gasteiger partial charge in [0.25, 0.3) is 5.91 Å². The van der Waals surface area contributed by atoms with Crippen molar-refractivity contribution < 1.29 is 19.1 Å². The summed E-state index contributed by atoms with van der Waals surface area (Å²) in [5.41, 5.74) is 1.69. The second kappa shape index (κ2) is 10.4. The van der Waals surface area contributed by atoms with Crippen LogP contribution < -0.4 is 25.2 Å². The molecule has 4 atom stereocenters. The van der Waals surface area contributed by atoms with Gasteiger partial charge in [0.05, 0.1) is 19.0 Å². The first-order valence-electron chi connectivity index (χ1n) is 15.4. The number of epoxide rings is 1. The van der Waals surface area contributed by atoms with E-state index in [1.165, 1.54) is 0 Å². The number of likely N-dealkylation sites (N-methyl/N-ethyl adjacent to an activating group) is 1. The van der Waals surface area contributed by atoms with E-state index in [9.17, 15) is 9.59 Å². The maximum absolute atomic E-state index is 13.2. The van der Waals surface area contributed by atoms with Crippen LogP contribution in [0.15, 0.2) is 24.4 Å². The Morgan fingerprint density at radius 2 is 1.90 bits per heavy atom. The Balaban J connectivity index is 1.07. The molecule has 2 aliphatic carbocycles. The number of carbonyl (C=O) groups excluding carboxylic acids is 2. The fourth-order valence-corrected chi connectivity index (χ4v) is 7.98. The Morgan fingerprint density at radius 1 is 1.17 bits per heavy atom. The zero-order valence-corrected chi connectivity index (χ0v) is 24.9. The molecule has 4 unspecified atom stereocenters. The zero-order chi connectivity index (χ0) is 29.2. The molecule has 2 saturated heterocycles. The lowest BCUT2D eigenvalue weighted by Crippen LogP contribution is -2.55. The number of anilines is 4. The second-order valence-corrected chi connectivity index (χ2v) is 12.8. The van der Waals surface area contributed by atoms with Gasteiger partial charge in [0, 0.05) is 31.7 Å². The molecule has 11 nitrogen and oxygen atoms in total. The SMILES string of the molecule is CCC1C(=O)N(C)c2cnc(Nc3ccc(C(=O)NC4OC45CC4CN(C)CC4C5)cc3OC)nc2N1C1CCCC1. The number of nitrogens with one attached hydrogen (secondary N) is 2. The highest BCUT2D eigenvalue weighted by Gasteiger charge is 2.64. The van der Waals surface area contributed by atoms with E-state index < -0.39 is 0 Å². The number of aromatic nitrogens is 2. The number of nitrogens with zero attached hydrogens (tertiary/aromatic N) is 5. The summed E-state index contributed by atoms with van der Waals surface area (Å²) < 4.78 is 11.7. The quantitative estimate of drug-likeness (QED) is 0.479. The molecule has 0 radical (unpaired) electrons. The van der Waals surface area contributed by atoms with Crippen LogP contribution in [-0.2, 0) is 9.53 Å². The predicted octanol–water partition coefficient (Wildman–Crippen LogP) is 3.53. The van der Waals surface area contributed by atoms with E-state index in [0.717, 1.165) is 69.5 Å². The van der Waals surface area contributed by atoms with Gasteiger partial charge >= 0.3 is 0 Å². The molecule has 4 heterocycles. The molecule has 2 amide bonds. The summed E-state index contributed by atoms with van der Waals surface area (Å²) >= 11 is 0. The first-order chi connectivity index (χ1) is 20.3. The molecule has 0 bridgehead atoms. The highest BCUT2D eigenvalue weighted by molar-refractivity contribution is 6.04. The van der Waals surface area contributed by atoms with Gasteiger partial charge < -0.3 is 34.8 Å². The number of fused-ring (bicyclic) bond motifs is 2. The minimum atomic E-state index is -0.236. The van der Waals surface area contributed by atoms with Crippen molar-refractivity contribution >= 4 is 35.0 Å². The molecule has 5 aliphatic rings. The molecule has 1 aromatic heterocycles. The lowest BCUT2D eigenvalue weighted by Gasteiger charge is -2.43. The maximum atomic E-state index is 13.2. The van der Waals surface area contributed by atoms with E-state index in [2.05, 4.69) is 39.4 Å². The Morgan fingerprint density at radius 3 is 2.60 bits per heavy atom. The van der Waals surface area contributed by atoms with E-state index >= 15 is 0 Å². The van der Waals surface area contributed by atoms with Crippen molar-refractivity contribution in [2.45, 2.75) is 75.8 Å². The third kappa shape index (κ3) is 4.57. The molecule has 1 aromatic carbocycles. The van der Waals surface area contributed by atoms with Crippen molar-refractivity contribution in [3.05, 3.63) is 30.0 Å². The summed E-state index contributed by atoms with van der Waals surface area (Å²) in [6.07, 6.45) is 8.68. The Hall–Kier alpha value is -3.44. The number of carbonyl (C=O) groups is 2. The Kier molecular flexibility index (Phi) is 6.77. The number of hydrogen-bond donors (Lipinski definition) is 2. The monoisotopic (exact) mass is 575 g/mol. The number of rotatable bonds is 7. The largest absolute Gasteiger partial charge is 0.495 e. The molecule has 42 heavy (non-hydrogen) atoms. The summed E-state index contributed by atoms with van der Waals surface area (Å²) in [6, 6.07) is 5.38. The van der Waals surface area contributed by atoms with Gasteiger partial charge in [-0.2, -0.15) is 4.98 Å². The van der Waals surface area contributed by atoms with Gasteiger partial charge in [0.1, 0.15) is 23.1 Å². The van der Waals surface area contributed by atoms with Crippen LogP contribution in [0.1, 0.15) is 62.2 Å². The van der Waals surface area contributed by atoms with Gasteiger partial charge in [-0.05, 0) is 69.2 Å². The van der Waals surface area contributed by atoms with Crippen molar-refractivity contribution in [2.24, 2.45) is 11.8 Å². The average molecular weight is 576 g/mol. The van der Waals surface area contributed by atoms with Crippen LogP contribution in [-0.4, -0.2) is 84.9 Å². The number of amides is 2. The zero-order valence-electron chi connectivity index (χ0n) is 24.9. The van der Waals surface area contributed by atoms with Crippen molar-refractivity contribution in [1.29, 1.82) is 0 Å². The normalized spacial score (nSPS) is 30.5. The highest BCUT2D eigenvalue weighted by atomic mass is 16.6. The van der Waals surface area contributed by atoms with Crippen LogP contribution in [0.25, 0.3) is 0 Å². The molecule has 3 aliphatic heterocycles. The fourth-order valence-electron chi connectivity index (χ4n) is 7.98. The molecule has 1 spiro atoms. The van der Waals surface area contributed by atoms with Crippen LogP contribution in [0.5, 0.6) is 5.75 Å². The number of benzene rings is 1. The Labute approximate surface area is 246 Å². The topological polar surface area (TPSA) is 115 Å². The first kappa shape index (κ1) is 27.4. The number of hydrogen-bond acceptors (Lipinski definition) is 9. The standard InChI is InChI=1S/C31H41N7O4/c1-5-23-28(40)37(3)24-15-32-30(34-26(24)38(23)21-8-6-7-9-21)33-22-11-10-18(12-25(22)41-4)27(39)35-29-31(42-29)13-19-16-36(2)17-20(19)14-31/h10-12,15,19-21,23,29H,5-9,13-14,16-17H2,1-4H3,(H,35,39)(H,32,33,34). The minimum Gasteiger partial charge on any atom is -0.495 e. The molecule has 2 N–H and O–H groups in total. The third-order valence-corrected chi connectivity index (χ3v) is 10.1. The van der Waals surface area contributed by atoms with Gasteiger partial charge in [-0.15, -0.1) is 0 Å². The summed E-state index contributed by atoms with van der Waals surface area (Å²) in [4.78, 5) is 42.1. The lowest BCUT2D eigenvalue weighted by atomic mass is 10.0. The van der Waals surface area contributed by atoms with E-state index in [1.54, 1.807) is 37.4 Å². The van der Waals surface area contributed by atoms with Crippen LogP contribution in [0.3, 0.4) is 0 Å². The van der Waals surface area contributed by atoms with Crippen LogP contribution in [0, 0.1) is 11.8 Å². The Bertz CT molecular complexity index is 1380. The molecule has 2 saturated carbocycles. The van der Waals surface area contributed by atoms with E-state index in [4.69, 9.17) is 14.5 Å². The number of ether oxygens (including phenoxy) is 2. The van der Waals surface area contributed by atoms with Crippen molar-refractivity contribution in [1.82, 2.24) is 20.2 Å². The molecule has 2 aromatic rings. The van der Waals surface area contributed by atoms with Gasteiger partial charge in [0.15, 0.2) is 12.0 Å². The fraction of sp³-hybridized carbons (Fsp3) is 0.613. The predicted molar refractivity (Wildman–Crippen MR) is 159 cm³/mol. The first-order valence-corrected chi connectivity index (χ1v) is 15.4. The van der Waals surface area contributed by atoms with Gasteiger partial charge in [-0.25, -0.2) is 4.98 Å². The third-order valence-electron chi connectivity index (χ3n) is 10.1. The lowest BCUT2D eigenvalue weighted by molar-refractivity contribution is -0.120. The summed E-state index contributed by atoms with van der Waals surface area (Å²) in [6.45, 7) is 4.28. The molecule has 224 valence electrons. The van der Waals surface area contributed by atoms with Gasteiger partial charge in [-0.1, -0.05) is 19.8 Å². The molecule has 4 fully saturated rings. The molecular formula is C31H41N7O4. The molecule has 11 heteroatoms. The van der Waals surface area contributed by atoms with E-state index in [1.807, 2.05) is 6.07 Å². The van der Waals surface area contributed by atoms with Gasteiger partial charge in [-0.3, -0.25) is 9.59 Å². The summed E-state index contributed by atoms with van der Waals surface area (Å²) in [5.74, 6) is 2.94. The van der Waals surface area contributed by atoms with Gasteiger partial charge in [0.2, 0.25) is 11.9 Å². The van der Waals surface area contributed by atoms with E-state index in [0.29, 0.717) is 40.8 Å². The number of likely N-dealkylation sites (tertiary alicyclic amines) is 1. The molecule has 7 rings (SSSR count). The van der Waals surface area contributed by atoms with Crippen molar-refractivity contribution in [3.63, 3.8) is 0 Å². The maximum Gasteiger partial charge on any atom is 0.253 e. The van der Waals surface area contributed by atoms with E-state index in [-0.39, 0.29) is 29.7 Å². The number of methoxy groups -OCH3 is 1. The van der Waals surface area contributed by atoms with Crippen molar-refractivity contribution in [3.8, 4) is 5.75 Å². The van der Waals surface area contributed by atoms with Crippen LogP contribution in [0.4, 0.5) is 23.1 Å². The molecular weight excluding hydrogens is 534 g/mol. The second-order valence-electron chi connectivity index (χ2n) is 12.8. The highest BCUT2D eigenvalue weighted by Crippen LogP contribution is 2.55. The summed E-state index contributed by atoms with van der Waals surface area (Å²) in [7, 11) is 5.55. The average Bonchev–Trinajstić information content (AvgIpc) is 3.33. The summed E-state index contributed by atoms with van der Waals surface area (Å²) in [5, 5.41) is 6.38. The minimum absolute atomic E-state index is 0.0858. The van der Waals surface area contributed by atoms with Crippen LogP contribution >= 0.6 is 0 Å².